The number of aromatic hydroxyl groups is 1. The Hall–Kier alpha value is -1.55. The summed E-state index contributed by atoms with van der Waals surface area (Å²) in [6, 6.07) is 7.90. The lowest BCUT2D eigenvalue weighted by atomic mass is 9.97. The maximum atomic E-state index is 10.3. The number of halogens is 1. The Morgan fingerprint density at radius 3 is 2.67 bits per heavy atom. The molecule has 1 heterocycles. The maximum Gasteiger partial charge on any atom is 0.121 e. The second kappa shape index (κ2) is 5.34. The summed E-state index contributed by atoms with van der Waals surface area (Å²) >= 11 is 3.39. The molecule has 0 radical (unpaired) electrons. The number of anilines is 1. The summed E-state index contributed by atoms with van der Waals surface area (Å²) in [5.74, 6) is 0.841. The first-order valence-corrected chi connectivity index (χ1v) is 7.98. The summed E-state index contributed by atoms with van der Waals surface area (Å²) < 4.78 is 0.837. The third-order valence-electron chi connectivity index (χ3n) is 4.29. The van der Waals surface area contributed by atoms with E-state index in [1.165, 1.54) is 11.1 Å². The number of hydrogen-bond donors (Lipinski definition) is 2. The minimum Gasteiger partial charge on any atom is -0.508 e. The average Bonchev–Trinajstić information content (AvgIpc) is 2.75. The van der Waals surface area contributed by atoms with Gasteiger partial charge < -0.3 is 10.4 Å². The van der Waals surface area contributed by atoms with Gasteiger partial charge in [-0.2, -0.15) is 0 Å². The summed E-state index contributed by atoms with van der Waals surface area (Å²) in [7, 11) is 0. The molecule has 21 heavy (non-hydrogen) atoms. The lowest BCUT2D eigenvalue weighted by molar-refractivity contribution is 0.465. The highest BCUT2D eigenvalue weighted by Gasteiger charge is 2.32. The van der Waals surface area contributed by atoms with Gasteiger partial charge in [0, 0.05) is 5.56 Å². The summed E-state index contributed by atoms with van der Waals surface area (Å²) in [5.41, 5.74) is 5.56. The van der Waals surface area contributed by atoms with Gasteiger partial charge in [-0.3, -0.25) is 0 Å². The van der Waals surface area contributed by atoms with Crippen LogP contribution in [0.4, 0.5) is 5.69 Å². The van der Waals surface area contributed by atoms with Crippen molar-refractivity contribution in [2.24, 2.45) is 0 Å². The molecule has 110 valence electrons. The quantitative estimate of drug-likeness (QED) is 0.765. The molecule has 3 nitrogen and oxygen atoms in total. The first kappa shape index (κ1) is 14.4. The molecular weight excluding hydrogens is 328 g/mol. The fourth-order valence-corrected chi connectivity index (χ4v) is 3.74. The molecule has 2 aromatic rings. The lowest BCUT2D eigenvalue weighted by Gasteiger charge is -2.18. The van der Waals surface area contributed by atoms with Crippen LogP contribution in [0.2, 0.25) is 0 Å². The first-order valence-electron chi connectivity index (χ1n) is 7.19. The zero-order valence-electron chi connectivity index (χ0n) is 12.4. The minimum atomic E-state index is 0.136. The predicted molar refractivity (Wildman–Crippen MR) is 88.9 cm³/mol. The predicted octanol–water partition coefficient (Wildman–Crippen LogP) is 4.83. The highest BCUT2D eigenvalue weighted by Crippen LogP contribution is 2.47. The Balaban J connectivity index is 1.98. The fourth-order valence-electron chi connectivity index (χ4n) is 3.35. The standard InChI is InChI=1S/C17H19BrN2O/c1-9-4-6-14(21)17-13(8-10(2)16(9)17)20-12-5-7-15(18)19-11(12)3/h4-7,10,13,20-21H,8H2,1-3H3. The van der Waals surface area contributed by atoms with E-state index in [2.05, 4.69) is 40.1 Å². The summed E-state index contributed by atoms with van der Waals surface area (Å²) in [4.78, 5) is 4.42. The van der Waals surface area contributed by atoms with E-state index in [9.17, 15) is 5.11 Å². The molecule has 1 aromatic heterocycles. The van der Waals surface area contributed by atoms with Crippen LogP contribution >= 0.6 is 15.9 Å². The second-order valence-electron chi connectivity index (χ2n) is 5.83. The number of aromatic nitrogens is 1. The normalized spacial score (nSPS) is 20.4. The smallest absolute Gasteiger partial charge is 0.121 e. The van der Waals surface area contributed by atoms with Crippen LogP contribution in [0.15, 0.2) is 28.9 Å². The van der Waals surface area contributed by atoms with E-state index in [0.29, 0.717) is 11.7 Å². The average molecular weight is 347 g/mol. The number of nitrogens with one attached hydrogen (secondary N) is 1. The summed E-state index contributed by atoms with van der Waals surface area (Å²) in [5, 5.41) is 13.8. The Morgan fingerprint density at radius 1 is 1.19 bits per heavy atom. The van der Waals surface area contributed by atoms with Crippen LogP contribution in [0, 0.1) is 13.8 Å². The van der Waals surface area contributed by atoms with Gasteiger partial charge in [0.2, 0.25) is 0 Å². The number of benzene rings is 1. The van der Waals surface area contributed by atoms with Gasteiger partial charge in [0.1, 0.15) is 10.4 Å². The van der Waals surface area contributed by atoms with Crippen molar-refractivity contribution in [3.8, 4) is 5.75 Å². The van der Waals surface area contributed by atoms with Gasteiger partial charge in [-0.15, -0.1) is 0 Å². The van der Waals surface area contributed by atoms with Gasteiger partial charge in [0.15, 0.2) is 0 Å². The third-order valence-corrected chi connectivity index (χ3v) is 4.74. The van der Waals surface area contributed by atoms with Gasteiger partial charge >= 0.3 is 0 Å². The van der Waals surface area contributed by atoms with E-state index in [0.717, 1.165) is 28.0 Å². The zero-order chi connectivity index (χ0) is 15.1. The summed E-state index contributed by atoms with van der Waals surface area (Å²) in [6.07, 6.45) is 0.989. The van der Waals surface area contributed by atoms with Crippen molar-refractivity contribution < 1.29 is 5.11 Å². The minimum absolute atomic E-state index is 0.136. The highest BCUT2D eigenvalue weighted by molar-refractivity contribution is 9.10. The van der Waals surface area contributed by atoms with Crippen molar-refractivity contribution in [2.45, 2.75) is 39.2 Å². The molecule has 2 N–H and O–H groups in total. The molecule has 1 aromatic carbocycles. The first-order chi connectivity index (χ1) is 9.97. The van der Waals surface area contributed by atoms with E-state index in [1.54, 1.807) is 6.07 Å². The van der Waals surface area contributed by atoms with Gasteiger partial charge in [-0.1, -0.05) is 13.0 Å². The fraction of sp³-hybridized carbons (Fsp3) is 0.353. The number of phenols is 1. The van der Waals surface area contributed by atoms with Gasteiger partial charge in [-0.25, -0.2) is 4.98 Å². The molecule has 0 fully saturated rings. The third kappa shape index (κ3) is 2.53. The van der Waals surface area contributed by atoms with Crippen molar-refractivity contribution in [3.05, 3.63) is 51.3 Å². The molecule has 3 rings (SSSR count). The molecule has 0 amide bonds. The molecule has 0 aliphatic heterocycles. The van der Waals surface area contributed by atoms with Crippen molar-refractivity contribution in [1.82, 2.24) is 4.98 Å². The Morgan fingerprint density at radius 2 is 1.95 bits per heavy atom. The van der Waals surface area contributed by atoms with Gasteiger partial charge in [-0.05, 0) is 71.4 Å². The molecule has 1 aliphatic rings. The van der Waals surface area contributed by atoms with Crippen LogP contribution in [-0.2, 0) is 0 Å². The van der Waals surface area contributed by atoms with E-state index in [1.807, 2.05) is 25.1 Å². The second-order valence-corrected chi connectivity index (χ2v) is 6.64. The van der Waals surface area contributed by atoms with Crippen LogP contribution in [0.5, 0.6) is 5.75 Å². The lowest BCUT2D eigenvalue weighted by Crippen LogP contribution is -2.09. The van der Waals surface area contributed by atoms with Crippen LogP contribution in [0.25, 0.3) is 0 Å². The Labute approximate surface area is 133 Å². The molecule has 4 heteroatoms. The Kier molecular flexibility index (Phi) is 3.66. The van der Waals surface area contributed by atoms with E-state index in [-0.39, 0.29) is 6.04 Å². The van der Waals surface area contributed by atoms with Crippen LogP contribution in [0.3, 0.4) is 0 Å². The molecule has 2 unspecified atom stereocenters. The topological polar surface area (TPSA) is 45.1 Å². The molecule has 0 spiro atoms. The SMILES string of the molecule is Cc1ccc(O)c2c1C(C)CC2Nc1ccc(Br)nc1C. The van der Waals surface area contributed by atoms with Crippen LogP contribution in [-0.4, -0.2) is 10.1 Å². The summed E-state index contributed by atoms with van der Waals surface area (Å²) in [6.45, 7) is 6.33. The molecule has 1 aliphatic carbocycles. The Bertz CT molecular complexity index is 699. The van der Waals surface area contributed by atoms with Gasteiger partial charge in [0.25, 0.3) is 0 Å². The maximum absolute atomic E-state index is 10.3. The number of hydrogen-bond acceptors (Lipinski definition) is 3. The molecule has 0 saturated heterocycles. The highest BCUT2D eigenvalue weighted by atomic mass is 79.9. The number of rotatable bonds is 2. The number of pyridine rings is 1. The molecule has 2 atom stereocenters. The van der Waals surface area contributed by atoms with Crippen molar-refractivity contribution >= 4 is 21.6 Å². The van der Waals surface area contributed by atoms with Crippen molar-refractivity contribution in [3.63, 3.8) is 0 Å². The van der Waals surface area contributed by atoms with Crippen LogP contribution < -0.4 is 5.32 Å². The van der Waals surface area contributed by atoms with E-state index >= 15 is 0 Å². The van der Waals surface area contributed by atoms with Crippen molar-refractivity contribution in [2.75, 3.05) is 5.32 Å². The van der Waals surface area contributed by atoms with Gasteiger partial charge in [0.05, 0.1) is 17.4 Å². The zero-order valence-corrected chi connectivity index (χ0v) is 14.0. The van der Waals surface area contributed by atoms with Crippen LogP contribution in [0.1, 0.15) is 47.7 Å². The number of nitrogens with zero attached hydrogens (tertiary/aromatic N) is 1. The molecular formula is C17H19BrN2O. The van der Waals surface area contributed by atoms with E-state index < -0.39 is 0 Å². The number of phenolic OH excluding ortho intramolecular Hbond substituents is 1. The van der Waals surface area contributed by atoms with Crippen molar-refractivity contribution in [1.29, 1.82) is 0 Å². The number of fused-ring (bicyclic) bond motifs is 1. The number of aryl methyl sites for hydroxylation is 2. The largest absolute Gasteiger partial charge is 0.508 e. The van der Waals surface area contributed by atoms with E-state index in [4.69, 9.17) is 0 Å². The monoisotopic (exact) mass is 346 g/mol. The molecule has 0 saturated carbocycles. The molecule has 0 bridgehead atoms.